The summed E-state index contributed by atoms with van der Waals surface area (Å²) in [6, 6.07) is 0. The number of carboxylic acid groups (broad SMARTS) is 1. The first-order valence-corrected chi connectivity index (χ1v) is 3.43. The van der Waals surface area contributed by atoms with E-state index < -0.39 is 11.6 Å². The van der Waals surface area contributed by atoms with Crippen molar-refractivity contribution >= 4 is 5.97 Å². The molecule has 1 aliphatic rings. The third kappa shape index (κ3) is 1.69. The molecular weight excluding hydrogens is 135 g/mol. The number of halogens is 1. The van der Waals surface area contributed by atoms with Crippen molar-refractivity contribution in [2.75, 3.05) is 0 Å². The molecule has 0 aromatic carbocycles. The number of hydrogen-bond donors (Lipinski definition) is 1. The normalized spacial score (nSPS) is 23.8. The number of alkyl halides is 1. The Morgan fingerprint density at radius 2 is 2.30 bits per heavy atom. The van der Waals surface area contributed by atoms with Crippen LogP contribution in [-0.2, 0) is 4.79 Å². The molecule has 1 atom stereocenters. The van der Waals surface area contributed by atoms with Gasteiger partial charge in [-0.2, -0.15) is 0 Å². The van der Waals surface area contributed by atoms with Crippen molar-refractivity contribution in [1.82, 2.24) is 0 Å². The summed E-state index contributed by atoms with van der Waals surface area (Å²) in [6.07, 6.45) is 1.35. The average molecular weight is 146 g/mol. The van der Waals surface area contributed by atoms with Gasteiger partial charge in [0, 0.05) is 0 Å². The highest BCUT2D eigenvalue weighted by atomic mass is 19.1. The molecule has 0 aromatic rings. The highest BCUT2D eigenvalue weighted by molar-refractivity contribution is 5.68. The summed E-state index contributed by atoms with van der Waals surface area (Å²) in [5, 5.41) is 8.29. The SMILES string of the molecule is CC(F)(CC(=O)O)C1CC1. The van der Waals surface area contributed by atoms with Crippen LogP contribution in [0, 0.1) is 5.92 Å². The van der Waals surface area contributed by atoms with Gasteiger partial charge in [0.05, 0.1) is 6.42 Å². The summed E-state index contributed by atoms with van der Waals surface area (Å²) in [6.45, 7) is 1.37. The first-order valence-electron chi connectivity index (χ1n) is 3.43. The van der Waals surface area contributed by atoms with Crippen LogP contribution in [0.4, 0.5) is 4.39 Å². The molecule has 58 valence electrons. The molecular formula is C7H11FO2. The van der Waals surface area contributed by atoms with Crippen molar-refractivity contribution in [3.8, 4) is 0 Å². The first-order chi connectivity index (χ1) is 4.52. The minimum absolute atomic E-state index is 0.00333. The summed E-state index contributed by atoms with van der Waals surface area (Å²) < 4.78 is 13.1. The Kier molecular flexibility index (Phi) is 1.67. The van der Waals surface area contributed by atoms with Gasteiger partial charge in [0.15, 0.2) is 0 Å². The van der Waals surface area contributed by atoms with Crippen LogP contribution in [0.3, 0.4) is 0 Å². The lowest BCUT2D eigenvalue weighted by molar-refractivity contribution is -0.140. The first kappa shape index (κ1) is 7.51. The van der Waals surface area contributed by atoms with E-state index in [2.05, 4.69) is 0 Å². The molecule has 0 aliphatic heterocycles. The number of carbonyl (C=O) groups is 1. The third-order valence-electron chi connectivity index (χ3n) is 1.93. The summed E-state index contributed by atoms with van der Waals surface area (Å²) in [7, 11) is 0. The lowest BCUT2D eigenvalue weighted by Gasteiger charge is -2.15. The van der Waals surface area contributed by atoms with Gasteiger partial charge >= 0.3 is 5.97 Å². The molecule has 2 nitrogen and oxygen atoms in total. The van der Waals surface area contributed by atoms with Crippen LogP contribution in [0.5, 0.6) is 0 Å². The van der Waals surface area contributed by atoms with Crippen LogP contribution in [0.1, 0.15) is 26.2 Å². The number of aliphatic carboxylic acids is 1. The van der Waals surface area contributed by atoms with Gasteiger partial charge in [-0.1, -0.05) is 0 Å². The Labute approximate surface area is 59.0 Å². The van der Waals surface area contributed by atoms with Gasteiger partial charge in [-0.3, -0.25) is 4.79 Å². The van der Waals surface area contributed by atoms with Crippen LogP contribution in [0.15, 0.2) is 0 Å². The zero-order chi connectivity index (χ0) is 7.78. The zero-order valence-electron chi connectivity index (χ0n) is 5.93. The molecule has 0 heterocycles. The fourth-order valence-electron chi connectivity index (χ4n) is 1.13. The van der Waals surface area contributed by atoms with E-state index in [1.807, 2.05) is 0 Å². The maximum absolute atomic E-state index is 13.1. The summed E-state index contributed by atoms with van der Waals surface area (Å²) >= 11 is 0. The summed E-state index contributed by atoms with van der Waals surface area (Å²) in [5.74, 6) is -1.04. The second-order valence-corrected chi connectivity index (χ2v) is 3.12. The predicted molar refractivity (Wildman–Crippen MR) is 34.5 cm³/mol. The summed E-state index contributed by atoms with van der Waals surface area (Å²) in [5.41, 5.74) is -1.47. The maximum Gasteiger partial charge on any atom is 0.306 e. The molecule has 0 aromatic heterocycles. The van der Waals surface area contributed by atoms with Crippen LogP contribution in [0.2, 0.25) is 0 Å². The molecule has 3 heteroatoms. The van der Waals surface area contributed by atoms with Gasteiger partial charge < -0.3 is 5.11 Å². The minimum atomic E-state index is -1.47. The predicted octanol–water partition coefficient (Wildman–Crippen LogP) is 1.60. The van der Waals surface area contributed by atoms with Crippen LogP contribution in [-0.4, -0.2) is 16.7 Å². The quantitative estimate of drug-likeness (QED) is 0.656. The van der Waals surface area contributed by atoms with Gasteiger partial charge in [0.1, 0.15) is 5.67 Å². The molecule has 1 N–H and O–H groups in total. The van der Waals surface area contributed by atoms with E-state index in [0.717, 1.165) is 12.8 Å². The van der Waals surface area contributed by atoms with Crippen molar-refractivity contribution in [1.29, 1.82) is 0 Å². The van der Waals surface area contributed by atoms with E-state index >= 15 is 0 Å². The van der Waals surface area contributed by atoms with E-state index in [1.165, 1.54) is 6.92 Å². The number of rotatable bonds is 3. The minimum Gasteiger partial charge on any atom is -0.481 e. The van der Waals surface area contributed by atoms with E-state index in [1.54, 1.807) is 0 Å². The van der Waals surface area contributed by atoms with Gasteiger partial charge in [-0.15, -0.1) is 0 Å². The lowest BCUT2D eigenvalue weighted by atomic mass is 9.99. The molecule has 0 saturated heterocycles. The zero-order valence-corrected chi connectivity index (χ0v) is 5.93. The smallest absolute Gasteiger partial charge is 0.306 e. The standard InChI is InChI=1S/C7H11FO2/c1-7(8,4-6(9)10)5-2-3-5/h5H,2-4H2,1H3,(H,9,10). The maximum atomic E-state index is 13.1. The van der Waals surface area contributed by atoms with E-state index in [9.17, 15) is 9.18 Å². The largest absolute Gasteiger partial charge is 0.481 e. The Hall–Kier alpha value is -0.600. The van der Waals surface area contributed by atoms with Crippen molar-refractivity contribution in [2.45, 2.75) is 31.9 Å². The van der Waals surface area contributed by atoms with Crippen LogP contribution >= 0.6 is 0 Å². The Morgan fingerprint density at radius 3 is 2.60 bits per heavy atom. The van der Waals surface area contributed by atoms with E-state index in [4.69, 9.17) is 5.11 Å². The molecule has 1 fully saturated rings. The molecule has 10 heavy (non-hydrogen) atoms. The average Bonchev–Trinajstić information content (AvgIpc) is 2.35. The van der Waals surface area contributed by atoms with Crippen molar-refractivity contribution in [3.63, 3.8) is 0 Å². The van der Waals surface area contributed by atoms with Crippen molar-refractivity contribution in [3.05, 3.63) is 0 Å². The molecule has 0 amide bonds. The fourth-order valence-corrected chi connectivity index (χ4v) is 1.13. The van der Waals surface area contributed by atoms with Gasteiger partial charge in [0.2, 0.25) is 0 Å². The molecule has 1 saturated carbocycles. The highest BCUT2D eigenvalue weighted by Gasteiger charge is 2.43. The second-order valence-electron chi connectivity index (χ2n) is 3.12. The van der Waals surface area contributed by atoms with Crippen molar-refractivity contribution < 1.29 is 14.3 Å². The molecule has 1 rings (SSSR count). The van der Waals surface area contributed by atoms with E-state index in [0.29, 0.717) is 0 Å². The molecule has 0 radical (unpaired) electrons. The number of carboxylic acids is 1. The Balaban J connectivity index is 2.41. The topological polar surface area (TPSA) is 37.3 Å². The highest BCUT2D eigenvalue weighted by Crippen LogP contribution is 2.43. The monoisotopic (exact) mass is 146 g/mol. The second kappa shape index (κ2) is 2.22. The molecule has 0 bridgehead atoms. The number of hydrogen-bond acceptors (Lipinski definition) is 1. The molecule has 1 unspecified atom stereocenters. The van der Waals surface area contributed by atoms with Gasteiger partial charge in [0.25, 0.3) is 0 Å². The molecule has 1 aliphatic carbocycles. The van der Waals surface area contributed by atoms with E-state index in [-0.39, 0.29) is 12.3 Å². The van der Waals surface area contributed by atoms with Gasteiger partial charge in [-0.05, 0) is 25.7 Å². The van der Waals surface area contributed by atoms with Crippen LogP contribution in [0.25, 0.3) is 0 Å². The molecule has 0 spiro atoms. The lowest BCUT2D eigenvalue weighted by Crippen LogP contribution is -2.24. The fraction of sp³-hybridized carbons (Fsp3) is 0.857. The van der Waals surface area contributed by atoms with Crippen LogP contribution < -0.4 is 0 Å². The Morgan fingerprint density at radius 1 is 1.80 bits per heavy atom. The summed E-state index contributed by atoms with van der Waals surface area (Å²) in [4.78, 5) is 10.1. The van der Waals surface area contributed by atoms with Gasteiger partial charge in [-0.25, -0.2) is 4.39 Å². The third-order valence-corrected chi connectivity index (χ3v) is 1.93. The van der Waals surface area contributed by atoms with Crippen molar-refractivity contribution in [2.24, 2.45) is 5.92 Å². The Bertz CT molecular complexity index is 150.